The molecule has 1 saturated heterocycles. The predicted octanol–water partition coefficient (Wildman–Crippen LogP) is 3.49. The highest BCUT2D eigenvalue weighted by atomic mass is 127. The first kappa shape index (κ1) is 24.5. The van der Waals surface area contributed by atoms with Gasteiger partial charge in [-0.25, -0.2) is 0 Å². The average molecular weight is 635 g/mol. The van der Waals surface area contributed by atoms with Gasteiger partial charge in [-0.3, -0.25) is 14.4 Å². The Kier molecular flexibility index (Phi) is 7.72. The molecule has 1 aromatic heterocycles. The van der Waals surface area contributed by atoms with Crippen molar-refractivity contribution in [3.8, 4) is 0 Å². The third kappa shape index (κ3) is 5.35. The van der Waals surface area contributed by atoms with Crippen LogP contribution in [-0.4, -0.2) is 52.9 Å². The van der Waals surface area contributed by atoms with Crippen LogP contribution in [0.2, 0.25) is 0 Å². The molecule has 2 aromatic carbocycles. The van der Waals surface area contributed by atoms with Crippen molar-refractivity contribution in [2.75, 3.05) is 19.6 Å². The molecular weight excluding hydrogens is 611 g/mol. The Morgan fingerprint density at radius 3 is 2.59 bits per heavy atom. The Morgan fingerprint density at radius 2 is 1.88 bits per heavy atom. The van der Waals surface area contributed by atoms with E-state index in [1.807, 2.05) is 48.5 Å². The summed E-state index contributed by atoms with van der Waals surface area (Å²) in [7, 11) is 0. The van der Waals surface area contributed by atoms with Crippen molar-refractivity contribution in [3.05, 3.63) is 80.5 Å². The number of benzene rings is 2. The van der Waals surface area contributed by atoms with Crippen LogP contribution in [0.15, 0.2) is 65.7 Å². The van der Waals surface area contributed by atoms with Gasteiger partial charge in [0, 0.05) is 29.5 Å². The summed E-state index contributed by atoms with van der Waals surface area (Å²) in [4.78, 5) is 39.3. The van der Waals surface area contributed by atoms with Crippen LogP contribution in [0.1, 0.15) is 16.1 Å². The number of carbonyl (C=O) groups excluding carboxylic acids is 3. The molecule has 0 spiro atoms. The van der Waals surface area contributed by atoms with Gasteiger partial charge in [0.2, 0.25) is 11.8 Å². The summed E-state index contributed by atoms with van der Waals surface area (Å²) < 4.78 is 3.46. The molecule has 0 saturated carbocycles. The van der Waals surface area contributed by atoms with Gasteiger partial charge in [-0.05, 0) is 58.9 Å². The minimum Gasteiger partial charge on any atom is -0.350 e. The highest BCUT2D eigenvalue weighted by molar-refractivity contribution is 14.1. The van der Waals surface area contributed by atoms with Gasteiger partial charge in [0.15, 0.2) is 0 Å². The third-order valence-electron chi connectivity index (χ3n) is 5.76. The second kappa shape index (κ2) is 10.7. The van der Waals surface area contributed by atoms with Crippen molar-refractivity contribution < 1.29 is 14.4 Å². The minimum atomic E-state index is -0.216. The van der Waals surface area contributed by atoms with Crippen molar-refractivity contribution >= 4 is 67.1 Å². The van der Waals surface area contributed by atoms with Crippen LogP contribution in [-0.2, 0) is 22.6 Å². The van der Waals surface area contributed by atoms with Gasteiger partial charge in [0.25, 0.3) is 5.91 Å². The lowest BCUT2D eigenvalue weighted by Crippen LogP contribution is -2.61. The number of halogens is 2. The number of fused-ring (bicyclic) bond motifs is 1. The van der Waals surface area contributed by atoms with E-state index in [2.05, 4.69) is 55.7 Å². The fraction of sp³-hybridized carbons (Fsp3) is 0.240. The number of nitrogens with zero attached hydrogens (tertiary/aromatic N) is 2. The highest BCUT2D eigenvalue weighted by Gasteiger charge is 2.31. The smallest absolute Gasteiger partial charge is 0.269 e. The second-order valence-corrected chi connectivity index (χ2v) is 10.1. The summed E-state index contributed by atoms with van der Waals surface area (Å²) in [5, 5.41) is 6.87. The molecule has 1 fully saturated rings. The Morgan fingerprint density at radius 1 is 1.15 bits per heavy atom. The largest absolute Gasteiger partial charge is 0.350 e. The van der Waals surface area contributed by atoms with Crippen molar-refractivity contribution in [2.45, 2.75) is 19.0 Å². The average Bonchev–Trinajstić information content (AvgIpc) is 3.06. The molecule has 0 aliphatic carbocycles. The Balaban J connectivity index is 1.50. The first-order valence-corrected chi connectivity index (χ1v) is 12.7. The van der Waals surface area contributed by atoms with Crippen molar-refractivity contribution in [2.24, 2.45) is 0 Å². The standard InChI is InChI=1S/C25H24BrIN4O3/c1-2-22(33)30-13-18(14-30)29-21(32)15-31-20-9-8-17(26)12-19(20)23(27)24(31)25(34)28-11-10-16-6-4-3-5-7-16/h2-9,12,18H,1,10-11,13-15H2,(H,28,34)(H,29,32). The first-order chi connectivity index (χ1) is 16.4. The summed E-state index contributed by atoms with van der Waals surface area (Å²) in [6.07, 6.45) is 1.99. The highest BCUT2D eigenvalue weighted by Crippen LogP contribution is 2.30. The van der Waals surface area contributed by atoms with Crippen molar-refractivity contribution in [3.63, 3.8) is 0 Å². The third-order valence-corrected chi connectivity index (χ3v) is 7.34. The monoisotopic (exact) mass is 634 g/mol. The van der Waals surface area contributed by atoms with Crippen LogP contribution in [0.25, 0.3) is 10.9 Å². The number of rotatable bonds is 8. The maximum atomic E-state index is 13.2. The van der Waals surface area contributed by atoms with E-state index in [1.165, 1.54) is 6.08 Å². The molecule has 2 N–H and O–H groups in total. The Hall–Kier alpha value is -2.66. The van der Waals surface area contributed by atoms with E-state index in [0.29, 0.717) is 25.3 Å². The van der Waals surface area contributed by atoms with Gasteiger partial charge in [0.05, 0.1) is 15.1 Å². The quantitative estimate of drug-likeness (QED) is 0.294. The Labute approximate surface area is 219 Å². The fourth-order valence-electron chi connectivity index (χ4n) is 4.02. The lowest BCUT2D eigenvalue weighted by atomic mass is 10.1. The van der Waals surface area contributed by atoms with Gasteiger partial charge >= 0.3 is 0 Å². The second-order valence-electron chi connectivity index (χ2n) is 8.11. The van der Waals surface area contributed by atoms with Gasteiger partial charge < -0.3 is 20.1 Å². The zero-order chi connectivity index (χ0) is 24.2. The van der Waals surface area contributed by atoms with Crippen LogP contribution < -0.4 is 10.6 Å². The Bertz CT molecular complexity index is 1250. The summed E-state index contributed by atoms with van der Waals surface area (Å²) in [5.41, 5.74) is 2.42. The number of aromatic nitrogens is 1. The maximum Gasteiger partial charge on any atom is 0.269 e. The van der Waals surface area contributed by atoms with Gasteiger partial charge in [0.1, 0.15) is 12.2 Å². The summed E-state index contributed by atoms with van der Waals surface area (Å²) in [6, 6.07) is 15.6. The van der Waals surface area contributed by atoms with Crippen molar-refractivity contribution in [1.82, 2.24) is 20.1 Å². The zero-order valence-corrected chi connectivity index (χ0v) is 22.1. The number of likely N-dealkylation sites (tertiary alicyclic amines) is 1. The molecule has 3 aromatic rings. The molecule has 0 bridgehead atoms. The number of hydrogen-bond donors (Lipinski definition) is 2. The molecule has 0 atom stereocenters. The molecule has 34 heavy (non-hydrogen) atoms. The van der Waals surface area contributed by atoms with Crippen LogP contribution >= 0.6 is 38.5 Å². The molecular formula is C25H24BrIN4O3. The predicted molar refractivity (Wildman–Crippen MR) is 144 cm³/mol. The molecule has 1 aliphatic heterocycles. The molecule has 4 rings (SSSR count). The number of amides is 3. The summed E-state index contributed by atoms with van der Waals surface area (Å²) >= 11 is 5.67. The van der Waals surface area contributed by atoms with E-state index in [4.69, 9.17) is 0 Å². The minimum absolute atomic E-state index is 0.00841. The molecule has 0 radical (unpaired) electrons. The lowest BCUT2D eigenvalue weighted by Gasteiger charge is -2.38. The van der Waals surface area contributed by atoms with E-state index >= 15 is 0 Å². The lowest BCUT2D eigenvalue weighted by molar-refractivity contribution is -0.133. The van der Waals surface area contributed by atoms with Gasteiger partial charge in [-0.2, -0.15) is 0 Å². The maximum absolute atomic E-state index is 13.2. The van der Waals surface area contributed by atoms with Gasteiger partial charge in [-0.1, -0.05) is 52.8 Å². The van der Waals surface area contributed by atoms with Crippen molar-refractivity contribution in [1.29, 1.82) is 0 Å². The summed E-state index contributed by atoms with van der Waals surface area (Å²) in [6.45, 7) is 4.90. The molecule has 2 heterocycles. The first-order valence-electron chi connectivity index (χ1n) is 10.9. The fourth-order valence-corrected chi connectivity index (χ4v) is 5.35. The van der Waals surface area contributed by atoms with Crippen LogP contribution in [0.3, 0.4) is 0 Å². The van der Waals surface area contributed by atoms with Gasteiger partial charge in [-0.15, -0.1) is 0 Å². The number of hydrogen-bond acceptors (Lipinski definition) is 3. The van der Waals surface area contributed by atoms with E-state index in [9.17, 15) is 14.4 Å². The van der Waals surface area contributed by atoms with Crippen LogP contribution in [0.5, 0.6) is 0 Å². The normalized spacial score (nSPS) is 13.4. The van der Waals surface area contributed by atoms with E-state index in [0.717, 1.165) is 30.9 Å². The number of nitrogens with one attached hydrogen (secondary N) is 2. The molecule has 7 nitrogen and oxygen atoms in total. The zero-order valence-electron chi connectivity index (χ0n) is 18.4. The molecule has 3 amide bonds. The van der Waals surface area contributed by atoms with Crippen LogP contribution in [0, 0.1) is 3.57 Å². The summed E-state index contributed by atoms with van der Waals surface area (Å²) in [5.74, 6) is -0.561. The van der Waals surface area contributed by atoms with E-state index < -0.39 is 0 Å². The molecule has 176 valence electrons. The van der Waals surface area contributed by atoms with Crippen LogP contribution in [0.4, 0.5) is 0 Å². The molecule has 1 aliphatic rings. The molecule has 0 unspecified atom stereocenters. The van der Waals surface area contributed by atoms with E-state index in [-0.39, 0.29) is 30.3 Å². The number of carbonyl (C=O) groups is 3. The van der Waals surface area contributed by atoms with E-state index in [1.54, 1.807) is 9.47 Å². The topological polar surface area (TPSA) is 83.4 Å². The SMILES string of the molecule is C=CC(=O)N1CC(NC(=O)Cn2c(C(=O)NCCc3ccccc3)c(I)c3cc(Br)ccc32)C1. The molecule has 9 heteroatoms.